The maximum Gasteiger partial charge on any atom is -0.00261 e. The van der Waals surface area contributed by atoms with E-state index >= 15 is 0 Å². The molecule has 0 fully saturated rings. The molecule has 0 aliphatic heterocycles. The summed E-state index contributed by atoms with van der Waals surface area (Å²) >= 11 is 0. The lowest BCUT2D eigenvalue weighted by atomic mass is 9.80. The highest BCUT2D eigenvalue weighted by molar-refractivity contribution is 6.22. The first-order valence-corrected chi connectivity index (χ1v) is 22.9. The molecule has 0 bridgehead atoms. The zero-order valence-electron chi connectivity index (χ0n) is 35.6. The summed E-state index contributed by atoms with van der Waals surface area (Å²) in [5.41, 5.74) is 18.4. The van der Waals surface area contributed by atoms with Gasteiger partial charge in [-0.15, -0.1) is 0 Å². The molecule has 64 heavy (non-hydrogen) atoms. The van der Waals surface area contributed by atoms with Crippen LogP contribution in [0, 0.1) is 0 Å². The molecule has 0 nitrogen and oxygen atoms in total. The fraction of sp³-hybridized carbons (Fsp3) is 0.0625. The van der Waals surface area contributed by atoms with E-state index in [1.54, 1.807) is 11.1 Å². The van der Waals surface area contributed by atoms with Crippen LogP contribution in [-0.4, -0.2) is 0 Å². The number of fused-ring (bicyclic) bond motifs is 10. The first-order chi connectivity index (χ1) is 31.7. The predicted molar refractivity (Wildman–Crippen MR) is 276 cm³/mol. The van der Waals surface area contributed by atoms with Gasteiger partial charge in [-0.2, -0.15) is 0 Å². The topological polar surface area (TPSA) is 0 Å². The average molecular weight is 813 g/mol. The Labute approximate surface area is 374 Å². The summed E-state index contributed by atoms with van der Waals surface area (Å²) in [6, 6.07) is 72.7. The van der Waals surface area contributed by atoms with Crippen LogP contribution in [-0.2, 0) is 12.8 Å². The van der Waals surface area contributed by atoms with Crippen molar-refractivity contribution in [2.75, 3.05) is 0 Å². The SMILES string of the molecule is C1=Cc2c(c3c(c4cc(-c5ccc6c(-c7ccc(-c8cccc9ccccc89)cc7)c7ccccc7c(-c7ccc(-c8cccc9ccccc89)cc7)c6c5)ccc24)C=CCC3)CC1. The third kappa shape index (κ3) is 5.90. The van der Waals surface area contributed by atoms with E-state index in [4.69, 9.17) is 0 Å². The van der Waals surface area contributed by atoms with Gasteiger partial charge in [0, 0.05) is 0 Å². The molecule has 0 atom stereocenters. The molecule has 0 saturated carbocycles. The van der Waals surface area contributed by atoms with Gasteiger partial charge in [0.15, 0.2) is 0 Å². The van der Waals surface area contributed by atoms with Crippen molar-refractivity contribution in [2.45, 2.75) is 25.7 Å². The van der Waals surface area contributed by atoms with Crippen molar-refractivity contribution in [1.82, 2.24) is 0 Å². The summed E-state index contributed by atoms with van der Waals surface area (Å²) in [7, 11) is 0. The van der Waals surface area contributed by atoms with E-state index in [0.717, 1.165) is 25.7 Å². The van der Waals surface area contributed by atoms with Crippen molar-refractivity contribution in [2.24, 2.45) is 0 Å². The van der Waals surface area contributed by atoms with E-state index < -0.39 is 0 Å². The van der Waals surface area contributed by atoms with Crippen LogP contribution in [0.15, 0.2) is 206 Å². The van der Waals surface area contributed by atoms with Gasteiger partial charge in [-0.25, -0.2) is 0 Å². The number of hydrogen-bond donors (Lipinski definition) is 0. The Morgan fingerprint density at radius 1 is 0.266 bits per heavy atom. The lowest BCUT2D eigenvalue weighted by molar-refractivity contribution is 0.911. The quantitative estimate of drug-likeness (QED) is 0.152. The molecule has 0 heterocycles. The minimum Gasteiger partial charge on any atom is -0.0836 e. The minimum absolute atomic E-state index is 1.12. The largest absolute Gasteiger partial charge is 0.0836 e. The van der Waals surface area contributed by atoms with Gasteiger partial charge in [-0.1, -0.05) is 206 Å². The van der Waals surface area contributed by atoms with Gasteiger partial charge in [0.2, 0.25) is 0 Å². The van der Waals surface area contributed by atoms with Crippen molar-refractivity contribution >= 4 is 66.0 Å². The first kappa shape index (κ1) is 36.8. The van der Waals surface area contributed by atoms with E-state index in [-0.39, 0.29) is 0 Å². The summed E-state index contributed by atoms with van der Waals surface area (Å²) in [6.45, 7) is 0. The van der Waals surface area contributed by atoms with Crippen molar-refractivity contribution in [3.8, 4) is 55.6 Å². The van der Waals surface area contributed by atoms with Gasteiger partial charge in [0.25, 0.3) is 0 Å². The Balaban J connectivity index is 1.03. The van der Waals surface area contributed by atoms with E-state index in [1.807, 2.05) is 0 Å². The molecule has 0 N–H and O–H groups in total. The summed E-state index contributed by atoms with van der Waals surface area (Å²) < 4.78 is 0. The average Bonchev–Trinajstić information content (AvgIpc) is 3.37. The second kappa shape index (κ2) is 14.9. The highest BCUT2D eigenvalue weighted by Crippen LogP contribution is 2.47. The number of hydrogen-bond acceptors (Lipinski definition) is 0. The van der Waals surface area contributed by atoms with E-state index in [1.165, 1.54) is 121 Å². The summed E-state index contributed by atoms with van der Waals surface area (Å²) in [5.74, 6) is 0. The van der Waals surface area contributed by atoms with Crippen molar-refractivity contribution in [3.05, 3.63) is 229 Å². The summed E-state index contributed by atoms with van der Waals surface area (Å²) in [4.78, 5) is 0. The van der Waals surface area contributed by atoms with Crippen LogP contribution in [0.2, 0.25) is 0 Å². The molecule has 0 radical (unpaired) electrons. The Hall–Kier alpha value is -7.80. The molecule has 13 rings (SSSR count). The Kier molecular flexibility index (Phi) is 8.59. The fourth-order valence-corrected chi connectivity index (χ4v) is 11.2. The fourth-order valence-electron chi connectivity index (χ4n) is 11.2. The van der Waals surface area contributed by atoms with E-state index in [9.17, 15) is 0 Å². The van der Waals surface area contributed by atoms with Crippen LogP contribution in [0.4, 0.5) is 0 Å². The normalized spacial score (nSPS) is 13.2. The van der Waals surface area contributed by atoms with E-state index in [0.29, 0.717) is 0 Å². The summed E-state index contributed by atoms with van der Waals surface area (Å²) in [6.07, 6.45) is 14.0. The number of benzene rings is 11. The van der Waals surface area contributed by atoms with Crippen LogP contribution in [0.3, 0.4) is 0 Å². The smallest absolute Gasteiger partial charge is 0.00261 e. The number of allylic oxidation sites excluding steroid dienone is 2. The van der Waals surface area contributed by atoms with Gasteiger partial charge in [0.1, 0.15) is 0 Å². The van der Waals surface area contributed by atoms with Gasteiger partial charge in [-0.3, -0.25) is 0 Å². The Morgan fingerprint density at radius 3 is 1.20 bits per heavy atom. The highest BCUT2D eigenvalue weighted by atomic mass is 14.3. The molecule has 2 aliphatic carbocycles. The maximum atomic E-state index is 2.48. The van der Waals surface area contributed by atoms with Crippen LogP contribution in [0.25, 0.3) is 122 Å². The van der Waals surface area contributed by atoms with Crippen LogP contribution < -0.4 is 0 Å². The minimum atomic E-state index is 1.12. The molecule has 0 unspecified atom stereocenters. The molecule has 2 aliphatic rings. The van der Waals surface area contributed by atoms with Gasteiger partial charge >= 0.3 is 0 Å². The highest BCUT2D eigenvalue weighted by Gasteiger charge is 2.22. The molecule has 0 spiro atoms. The van der Waals surface area contributed by atoms with E-state index in [2.05, 4.69) is 218 Å². The van der Waals surface area contributed by atoms with Gasteiger partial charge in [0.05, 0.1) is 0 Å². The molecule has 11 aromatic carbocycles. The second-order valence-corrected chi connectivity index (χ2v) is 17.7. The Morgan fingerprint density at radius 2 is 0.656 bits per heavy atom. The monoisotopic (exact) mass is 812 g/mol. The molecule has 0 heteroatoms. The standard InChI is InChI=1S/C64H44/c1-3-17-49-41(13-1)15-11-25-51(49)43-27-31-45(32-28-43)63-58-23-9-10-24-59(58)64(46-33-29-44(30-34-46)52-26-12-16-42-14-2-4-18-50(42)52)62-40-48(36-38-60(62)63)47-35-37-57-55-21-6-5-19-53(55)54-20-7-8-22-56(54)61(57)39-47/h1-4,6,8-18,21-40H,5,7,19-20H2. The Bertz CT molecular complexity index is 3740. The molecule has 0 saturated heterocycles. The van der Waals surface area contributed by atoms with Gasteiger partial charge < -0.3 is 0 Å². The molecule has 0 aromatic heterocycles. The van der Waals surface area contributed by atoms with Crippen molar-refractivity contribution < 1.29 is 0 Å². The molecular formula is C64H44. The zero-order chi connectivity index (χ0) is 42.1. The van der Waals surface area contributed by atoms with Crippen LogP contribution in [0.5, 0.6) is 0 Å². The maximum absolute atomic E-state index is 2.48. The number of rotatable bonds is 5. The molecule has 0 amide bonds. The van der Waals surface area contributed by atoms with Crippen molar-refractivity contribution in [3.63, 3.8) is 0 Å². The third-order valence-corrected chi connectivity index (χ3v) is 14.2. The zero-order valence-corrected chi connectivity index (χ0v) is 35.6. The lowest BCUT2D eigenvalue weighted by Gasteiger charge is -2.24. The molecule has 11 aromatic rings. The molecular weight excluding hydrogens is 769 g/mol. The van der Waals surface area contributed by atoms with Crippen LogP contribution >= 0.6 is 0 Å². The van der Waals surface area contributed by atoms with Gasteiger partial charge in [-0.05, 0) is 170 Å². The van der Waals surface area contributed by atoms with Crippen LogP contribution in [0.1, 0.15) is 35.1 Å². The first-order valence-electron chi connectivity index (χ1n) is 22.9. The summed E-state index contributed by atoms with van der Waals surface area (Å²) in [5, 5.41) is 12.8. The third-order valence-electron chi connectivity index (χ3n) is 14.2. The van der Waals surface area contributed by atoms with Crippen molar-refractivity contribution in [1.29, 1.82) is 0 Å². The molecule has 300 valence electrons. The lowest BCUT2D eigenvalue weighted by Crippen LogP contribution is -2.07. The second-order valence-electron chi connectivity index (χ2n) is 17.7. The predicted octanol–water partition coefficient (Wildman–Crippen LogP) is 17.7.